The van der Waals surface area contributed by atoms with E-state index in [-0.39, 0.29) is 0 Å². The van der Waals surface area contributed by atoms with Crippen LogP contribution in [-0.4, -0.2) is 112 Å². The van der Waals surface area contributed by atoms with E-state index in [2.05, 4.69) is 13.4 Å². The number of aromatic amines is 1. The highest BCUT2D eigenvalue weighted by Crippen LogP contribution is 2.61. The van der Waals surface area contributed by atoms with E-state index in [1.54, 1.807) is 0 Å². The minimum Gasteiger partial charge on any atom is -0.394 e. The molecule has 0 bridgehead atoms. The lowest BCUT2D eigenvalue weighted by molar-refractivity contribution is -0.144. The maximum absolute atomic E-state index is 12.1. The van der Waals surface area contributed by atoms with Crippen LogP contribution < -0.4 is 11.2 Å². The van der Waals surface area contributed by atoms with Crippen LogP contribution in [-0.2, 0) is 32.0 Å². The second kappa shape index (κ2) is 11.2. The van der Waals surface area contributed by atoms with Crippen molar-refractivity contribution in [1.82, 2.24) is 9.55 Å². The SMILES string of the molecule is O=c1ccn([C@@H]2O[C@H](COP(=O)(O)OP(=O)(O)O[C@H]3O[C@H]([C@H](O)CO)[C@H](O)[C@H]3O)[C@@H](O)[C@H]2O)c(=O)[nH]1. The average molecular weight is 566 g/mol. The Morgan fingerprint density at radius 1 is 1.03 bits per heavy atom. The fraction of sp³-hybridized carbons (Fsp3) is 0.733. The first kappa shape index (κ1) is 29.2. The Morgan fingerprint density at radius 3 is 2.31 bits per heavy atom. The molecule has 9 N–H and O–H groups in total. The Labute approximate surface area is 199 Å². The van der Waals surface area contributed by atoms with Crippen LogP contribution >= 0.6 is 15.6 Å². The zero-order valence-electron chi connectivity index (χ0n) is 17.9. The lowest BCUT2D eigenvalue weighted by atomic mass is 10.1. The van der Waals surface area contributed by atoms with Crippen LogP contribution in [0.4, 0.5) is 0 Å². The van der Waals surface area contributed by atoms with Crippen LogP contribution in [0.1, 0.15) is 6.23 Å². The van der Waals surface area contributed by atoms with Crippen molar-refractivity contribution in [3.8, 4) is 0 Å². The summed E-state index contributed by atoms with van der Waals surface area (Å²) in [6.45, 7) is -1.93. The van der Waals surface area contributed by atoms with Gasteiger partial charge in [-0.05, 0) is 0 Å². The summed E-state index contributed by atoms with van der Waals surface area (Å²) < 4.78 is 48.0. The molecular formula is C15H24N2O17P2. The van der Waals surface area contributed by atoms with Gasteiger partial charge in [-0.25, -0.2) is 13.9 Å². The van der Waals surface area contributed by atoms with Crippen molar-refractivity contribution in [3.05, 3.63) is 33.1 Å². The molecule has 0 spiro atoms. The number of ether oxygens (including phenoxy) is 2. The number of phosphoric acid groups is 2. The quantitative estimate of drug-likeness (QED) is 0.120. The number of aliphatic hydroxyl groups excluding tert-OH is 6. The van der Waals surface area contributed by atoms with E-state index in [1.165, 1.54) is 0 Å². The van der Waals surface area contributed by atoms with Crippen LogP contribution in [0.5, 0.6) is 0 Å². The number of H-pyrrole nitrogens is 1. The molecule has 206 valence electrons. The first-order chi connectivity index (χ1) is 16.7. The molecule has 21 heteroatoms. The van der Waals surface area contributed by atoms with Crippen LogP contribution in [0.3, 0.4) is 0 Å². The van der Waals surface area contributed by atoms with E-state index in [4.69, 9.17) is 14.6 Å². The van der Waals surface area contributed by atoms with E-state index in [9.17, 15) is 54.0 Å². The summed E-state index contributed by atoms with van der Waals surface area (Å²) in [5.74, 6) is 0. The van der Waals surface area contributed by atoms with Crippen molar-refractivity contribution >= 4 is 15.6 Å². The number of hydrogen-bond donors (Lipinski definition) is 9. The molecule has 11 atom stereocenters. The molecule has 2 unspecified atom stereocenters. The van der Waals surface area contributed by atoms with Gasteiger partial charge < -0.3 is 49.9 Å². The van der Waals surface area contributed by atoms with Crippen LogP contribution in [0.15, 0.2) is 21.9 Å². The van der Waals surface area contributed by atoms with Crippen LogP contribution in [0, 0.1) is 0 Å². The van der Waals surface area contributed by atoms with Gasteiger partial charge >= 0.3 is 21.3 Å². The molecule has 0 aromatic carbocycles. The standard InChI is InChI=1S/C15H24N2O17P2/c18-3-5(19)12-9(22)11(24)14(32-12)33-36(28,29)34-35(26,27)30-4-6-8(21)10(23)13(31-6)17-2-1-7(20)16-15(17)25/h1-2,5-6,8-14,18-19,21-24H,3-4H2,(H,26,27)(H,28,29)(H,16,20,25)/t5-,6-,8-,9-,10-,11-,12-,13-,14-/m1/s1. The summed E-state index contributed by atoms with van der Waals surface area (Å²) in [6.07, 6.45) is -15.1. The van der Waals surface area contributed by atoms with Gasteiger partial charge in [0, 0.05) is 12.3 Å². The first-order valence-corrected chi connectivity index (χ1v) is 13.0. The van der Waals surface area contributed by atoms with Gasteiger partial charge in [-0.3, -0.25) is 23.4 Å². The predicted molar refractivity (Wildman–Crippen MR) is 109 cm³/mol. The van der Waals surface area contributed by atoms with Crippen molar-refractivity contribution < 1.29 is 72.4 Å². The molecule has 0 radical (unpaired) electrons. The highest BCUT2D eigenvalue weighted by Gasteiger charge is 2.51. The molecule has 0 aliphatic carbocycles. The third-order valence-corrected chi connectivity index (χ3v) is 7.73. The van der Waals surface area contributed by atoms with Gasteiger partial charge in [0.25, 0.3) is 5.56 Å². The summed E-state index contributed by atoms with van der Waals surface area (Å²) in [5.41, 5.74) is -1.74. The number of nitrogens with zero attached hydrogens (tertiary/aromatic N) is 1. The van der Waals surface area contributed by atoms with Gasteiger partial charge in [-0.15, -0.1) is 0 Å². The zero-order valence-corrected chi connectivity index (χ0v) is 19.6. The van der Waals surface area contributed by atoms with Crippen molar-refractivity contribution in [3.63, 3.8) is 0 Å². The molecule has 19 nitrogen and oxygen atoms in total. The number of aromatic nitrogens is 2. The lowest BCUT2D eigenvalue weighted by Crippen LogP contribution is -2.40. The minimum atomic E-state index is -5.56. The molecule has 0 saturated carbocycles. The van der Waals surface area contributed by atoms with E-state index in [0.29, 0.717) is 0 Å². The molecule has 2 aliphatic heterocycles. The topological polar surface area (TPSA) is 297 Å². The monoisotopic (exact) mass is 566 g/mol. The van der Waals surface area contributed by atoms with Gasteiger partial charge in [0.15, 0.2) is 12.5 Å². The van der Waals surface area contributed by atoms with Crippen LogP contribution in [0.25, 0.3) is 0 Å². The summed E-state index contributed by atoms with van der Waals surface area (Å²) in [5, 5.41) is 58.3. The fourth-order valence-electron chi connectivity index (χ4n) is 3.38. The van der Waals surface area contributed by atoms with Crippen LogP contribution in [0.2, 0.25) is 0 Å². The third-order valence-electron chi connectivity index (χ3n) is 5.13. The Kier molecular flexibility index (Phi) is 9.05. The number of phosphoric ester groups is 2. The largest absolute Gasteiger partial charge is 0.483 e. The van der Waals surface area contributed by atoms with Crippen molar-refractivity contribution in [2.24, 2.45) is 0 Å². The maximum atomic E-state index is 12.1. The zero-order chi connectivity index (χ0) is 27.0. The molecule has 2 saturated heterocycles. The van der Waals surface area contributed by atoms with E-state index < -0.39 is 95.4 Å². The van der Waals surface area contributed by atoms with E-state index >= 15 is 0 Å². The number of aliphatic hydroxyl groups is 6. The summed E-state index contributed by atoms with van der Waals surface area (Å²) in [7, 11) is -11.0. The molecule has 36 heavy (non-hydrogen) atoms. The fourth-order valence-corrected chi connectivity index (χ4v) is 5.54. The van der Waals surface area contributed by atoms with Gasteiger partial charge in [-0.2, -0.15) is 4.31 Å². The first-order valence-electron chi connectivity index (χ1n) is 9.99. The molecule has 3 heterocycles. The Morgan fingerprint density at radius 2 is 1.69 bits per heavy atom. The molecule has 0 amide bonds. The minimum absolute atomic E-state index is 0.725. The Hall–Kier alpha value is -1.38. The number of hydrogen-bond acceptors (Lipinski definition) is 15. The second-order valence-electron chi connectivity index (χ2n) is 7.68. The lowest BCUT2D eigenvalue weighted by Gasteiger charge is -2.22. The third kappa shape index (κ3) is 6.54. The second-order valence-corrected chi connectivity index (χ2v) is 10.7. The van der Waals surface area contributed by atoms with E-state index in [1.807, 2.05) is 4.98 Å². The van der Waals surface area contributed by atoms with Crippen molar-refractivity contribution in [1.29, 1.82) is 0 Å². The smallest absolute Gasteiger partial charge is 0.394 e. The average Bonchev–Trinajstić information content (AvgIpc) is 3.21. The molecule has 2 fully saturated rings. The van der Waals surface area contributed by atoms with Crippen molar-refractivity contribution in [2.45, 2.75) is 55.2 Å². The van der Waals surface area contributed by atoms with Gasteiger partial charge in [0.1, 0.15) is 42.7 Å². The molecular weight excluding hydrogens is 542 g/mol. The number of nitrogens with one attached hydrogen (secondary N) is 1. The molecule has 3 rings (SSSR count). The summed E-state index contributed by atoms with van der Waals surface area (Å²) >= 11 is 0. The summed E-state index contributed by atoms with van der Waals surface area (Å²) in [4.78, 5) is 44.5. The highest BCUT2D eigenvalue weighted by molar-refractivity contribution is 7.61. The molecule has 2 aliphatic rings. The molecule has 1 aromatic rings. The Balaban J connectivity index is 1.60. The maximum Gasteiger partial charge on any atom is 0.483 e. The van der Waals surface area contributed by atoms with E-state index in [0.717, 1.165) is 16.8 Å². The van der Waals surface area contributed by atoms with Gasteiger partial charge in [0.05, 0.1) is 13.2 Å². The van der Waals surface area contributed by atoms with Gasteiger partial charge in [0.2, 0.25) is 0 Å². The predicted octanol–water partition coefficient (Wildman–Crippen LogP) is -4.79. The normalized spacial score (nSPS) is 36.9. The highest BCUT2D eigenvalue weighted by atomic mass is 31.3. The van der Waals surface area contributed by atoms with Crippen molar-refractivity contribution in [2.75, 3.05) is 13.2 Å². The van der Waals surface area contributed by atoms with Gasteiger partial charge in [-0.1, -0.05) is 0 Å². The summed E-state index contributed by atoms with van der Waals surface area (Å²) in [6, 6.07) is 0.930. The molecule has 1 aromatic heterocycles. The number of rotatable bonds is 10. The Bertz CT molecular complexity index is 1130.